The van der Waals surface area contributed by atoms with E-state index in [0.717, 1.165) is 32.4 Å². The molecule has 0 spiro atoms. The maximum Gasteiger partial charge on any atom is 0.138 e. The van der Waals surface area contributed by atoms with Gasteiger partial charge in [-0.1, -0.05) is 27.2 Å². The molecule has 0 aromatic heterocycles. The number of carbonyl (C=O) groups excluding carboxylic acids is 1. The van der Waals surface area contributed by atoms with Crippen molar-refractivity contribution in [2.45, 2.75) is 79.2 Å². The van der Waals surface area contributed by atoms with Crippen molar-refractivity contribution < 1.29 is 9.53 Å². The minimum Gasteiger partial charge on any atom is -0.376 e. The molecular formula is C21H42N2O2. The van der Waals surface area contributed by atoms with Crippen molar-refractivity contribution in [3.8, 4) is 0 Å². The predicted octanol–water partition coefficient (Wildman–Crippen LogP) is 3.98. The van der Waals surface area contributed by atoms with Crippen LogP contribution in [0, 0.1) is 5.41 Å². The van der Waals surface area contributed by atoms with Crippen LogP contribution >= 0.6 is 0 Å². The first-order valence-corrected chi connectivity index (χ1v) is 10.2. The standard InChI is InChI=1S/C21H42N2O2/c1-20(2,3)19(24)11-8-7-9-12-22-14-16-23(17-15-22)13-10-18-25-21(4,5)6/h7-18H2,1-6H3. The number of piperazine rings is 1. The van der Waals surface area contributed by atoms with Crippen molar-refractivity contribution in [3.05, 3.63) is 0 Å². The summed E-state index contributed by atoms with van der Waals surface area (Å²) in [5.74, 6) is 0.400. The predicted molar refractivity (Wildman–Crippen MR) is 106 cm³/mol. The summed E-state index contributed by atoms with van der Waals surface area (Å²) >= 11 is 0. The van der Waals surface area contributed by atoms with Crippen molar-refractivity contribution in [2.75, 3.05) is 45.9 Å². The summed E-state index contributed by atoms with van der Waals surface area (Å²) in [6, 6.07) is 0. The van der Waals surface area contributed by atoms with Crippen molar-refractivity contribution in [1.82, 2.24) is 9.80 Å². The summed E-state index contributed by atoms with van der Waals surface area (Å²) < 4.78 is 5.79. The second kappa shape index (κ2) is 10.6. The summed E-state index contributed by atoms with van der Waals surface area (Å²) in [5, 5.41) is 0. The molecule has 1 saturated heterocycles. The fraction of sp³-hybridized carbons (Fsp3) is 0.952. The molecule has 1 aliphatic rings. The van der Waals surface area contributed by atoms with E-state index < -0.39 is 0 Å². The van der Waals surface area contributed by atoms with Crippen molar-refractivity contribution in [1.29, 1.82) is 0 Å². The number of ether oxygens (including phenoxy) is 1. The first-order valence-electron chi connectivity index (χ1n) is 10.2. The Morgan fingerprint density at radius 3 is 1.80 bits per heavy atom. The third kappa shape index (κ3) is 11.0. The Kier molecular flexibility index (Phi) is 9.61. The van der Waals surface area contributed by atoms with Crippen LogP contribution in [-0.4, -0.2) is 67.1 Å². The number of hydrogen-bond donors (Lipinski definition) is 0. The van der Waals surface area contributed by atoms with Crippen LogP contribution in [0.15, 0.2) is 0 Å². The molecule has 0 radical (unpaired) electrons. The zero-order valence-electron chi connectivity index (χ0n) is 17.7. The van der Waals surface area contributed by atoms with Gasteiger partial charge in [-0.2, -0.15) is 0 Å². The SMILES string of the molecule is CC(C)(C)OCCCN1CCN(CCCCCC(=O)C(C)(C)C)CC1. The first-order chi connectivity index (χ1) is 11.6. The van der Waals surface area contributed by atoms with Crippen molar-refractivity contribution >= 4 is 5.78 Å². The van der Waals surface area contributed by atoms with Gasteiger partial charge < -0.3 is 14.5 Å². The van der Waals surface area contributed by atoms with Gasteiger partial charge in [-0.15, -0.1) is 0 Å². The second-order valence-corrected chi connectivity index (χ2v) is 9.48. The molecular weight excluding hydrogens is 312 g/mol. The topological polar surface area (TPSA) is 32.8 Å². The molecule has 1 aliphatic heterocycles. The average molecular weight is 355 g/mol. The summed E-state index contributed by atoms with van der Waals surface area (Å²) in [5.41, 5.74) is -0.190. The van der Waals surface area contributed by atoms with Gasteiger partial charge in [0.2, 0.25) is 0 Å². The van der Waals surface area contributed by atoms with Gasteiger partial charge in [-0.25, -0.2) is 0 Å². The lowest BCUT2D eigenvalue weighted by Crippen LogP contribution is -2.46. The molecule has 0 bridgehead atoms. The van der Waals surface area contributed by atoms with Gasteiger partial charge in [0.15, 0.2) is 0 Å². The lowest BCUT2D eigenvalue weighted by molar-refractivity contribution is -0.126. The van der Waals surface area contributed by atoms with Gasteiger partial charge in [0.05, 0.1) is 5.60 Å². The van der Waals surface area contributed by atoms with E-state index in [9.17, 15) is 4.79 Å². The van der Waals surface area contributed by atoms with Crippen LogP contribution in [0.1, 0.15) is 73.6 Å². The molecule has 0 unspecified atom stereocenters. The van der Waals surface area contributed by atoms with Crippen LogP contribution < -0.4 is 0 Å². The molecule has 1 rings (SSSR count). The Morgan fingerprint density at radius 1 is 0.800 bits per heavy atom. The molecule has 0 amide bonds. The van der Waals surface area contributed by atoms with Crippen LogP contribution in [0.4, 0.5) is 0 Å². The van der Waals surface area contributed by atoms with Gasteiger partial charge >= 0.3 is 0 Å². The smallest absolute Gasteiger partial charge is 0.138 e. The summed E-state index contributed by atoms with van der Waals surface area (Å²) in [6.07, 6.45) is 5.31. The highest BCUT2D eigenvalue weighted by Crippen LogP contribution is 2.18. The molecule has 0 aromatic rings. The Balaban J connectivity index is 2.01. The normalized spacial score (nSPS) is 17.8. The molecule has 0 atom stereocenters. The highest BCUT2D eigenvalue weighted by atomic mass is 16.5. The van der Waals surface area contributed by atoms with Crippen molar-refractivity contribution in [3.63, 3.8) is 0 Å². The first kappa shape index (κ1) is 22.6. The van der Waals surface area contributed by atoms with E-state index in [1.807, 2.05) is 20.8 Å². The Bertz CT molecular complexity index is 374. The number of unbranched alkanes of at least 4 members (excludes halogenated alkanes) is 2. The molecule has 25 heavy (non-hydrogen) atoms. The number of Topliss-reactive ketones (excluding diaryl/α,β-unsaturated/α-hetero) is 1. The van der Waals surface area contributed by atoms with Gasteiger partial charge in [-0.3, -0.25) is 4.79 Å². The maximum absolute atomic E-state index is 11.9. The van der Waals surface area contributed by atoms with Gasteiger partial charge in [0, 0.05) is 51.2 Å². The molecule has 0 aromatic carbocycles. The maximum atomic E-state index is 11.9. The third-order valence-electron chi connectivity index (χ3n) is 4.83. The number of nitrogens with zero attached hydrogens (tertiary/aromatic N) is 2. The van der Waals surface area contributed by atoms with Crippen LogP contribution in [0.2, 0.25) is 0 Å². The minimum atomic E-state index is -0.172. The zero-order chi connectivity index (χ0) is 18.9. The highest BCUT2D eigenvalue weighted by molar-refractivity contribution is 5.83. The Morgan fingerprint density at radius 2 is 1.32 bits per heavy atom. The molecule has 0 saturated carbocycles. The lowest BCUT2D eigenvalue weighted by Gasteiger charge is -2.34. The van der Waals surface area contributed by atoms with E-state index in [1.165, 1.54) is 45.6 Å². The largest absolute Gasteiger partial charge is 0.376 e. The van der Waals surface area contributed by atoms with Gasteiger partial charge in [0.1, 0.15) is 5.78 Å². The fourth-order valence-corrected chi connectivity index (χ4v) is 3.08. The quantitative estimate of drug-likeness (QED) is 0.556. The molecule has 148 valence electrons. The number of carbonyl (C=O) groups is 1. The van der Waals surface area contributed by atoms with Crippen LogP contribution in [0.3, 0.4) is 0 Å². The third-order valence-corrected chi connectivity index (χ3v) is 4.83. The van der Waals surface area contributed by atoms with E-state index in [2.05, 4.69) is 30.6 Å². The van der Waals surface area contributed by atoms with E-state index in [-0.39, 0.29) is 11.0 Å². The fourth-order valence-electron chi connectivity index (χ4n) is 3.08. The summed E-state index contributed by atoms with van der Waals surface area (Å²) in [6.45, 7) is 20.3. The molecule has 0 N–H and O–H groups in total. The Labute approximate surface area is 156 Å². The molecule has 0 aliphatic carbocycles. The van der Waals surface area contributed by atoms with E-state index in [1.54, 1.807) is 0 Å². The van der Waals surface area contributed by atoms with Crippen LogP contribution in [0.25, 0.3) is 0 Å². The van der Waals surface area contributed by atoms with Crippen LogP contribution in [-0.2, 0) is 9.53 Å². The number of hydrogen-bond acceptors (Lipinski definition) is 4. The molecule has 1 fully saturated rings. The summed E-state index contributed by atoms with van der Waals surface area (Å²) in [4.78, 5) is 17.0. The lowest BCUT2D eigenvalue weighted by atomic mass is 9.88. The number of rotatable bonds is 10. The van der Waals surface area contributed by atoms with E-state index >= 15 is 0 Å². The molecule has 4 nitrogen and oxygen atoms in total. The Hall–Kier alpha value is -0.450. The monoisotopic (exact) mass is 354 g/mol. The summed E-state index contributed by atoms with van der Waals surface area (Å²) in [7, 11) is 0. The molecule has 1 heterocycles. The number of ketones is 1. The highest BCUT2D eigenvalue weighted by Gasteiger charge is 2.20. The second-order valence-electron chi connectivity index (χ2n) is 9.48. The average Bonchev–Trinajstić information content (AvgIpc) is 2.50. The minimum absolute atomic E-state index is 0.0177. The van der Waals surface area contributed by atoms with Gasteiger partial charge in [0.25, 0.3) is 0 Å². The van der Waals surface area contributed by atoms with E-state index in [4.69, 9.17) is 4.74 Å². The van der Waals surface area contributed by atoms with E-state index in [0.29, 0.717) is 5.78 Å². The van der Waals surface area contributed by atoms with Crippen LogP contribution in [0.5, 0.6) is 0 Å². The zero-order valence-corrected chi connectivity index (χ0v) is 17.7. The van der Waals surface area contributed by atoms with Crippen molar-refractivity contribution in [2.24, 2.45) is 5.41 Å². The van der Waals surface area contributed by atoms with Gasteiger partial charge in [-0.05, 0) is 46.6 Å². The molecule has 4 heteroatoms.